The Kier molecular flexibility index (Phi) is 3.57. The van der Waals surface area contributed by atoms with E-state index in [1.54, 1.807) is 6.20 Å². The summed E-state index contributed by atoms with van der Waals surface area (Å²) < 4.78 is 5.46. The van der Waals surface area contributed by atoms with Crippen molar-refractivity contribution in [2.75, 3.05) is 5.32 Å². The fourth-order valence-electron chi connectivity index (χ4n) is 1.34. The molecule has 0 aliphatic carbocycles. The molecule has 5 nitrogen and oxygen atoms in total. The molecular formula is C12H9BrN2O3. The molecule has 0 spiro atoms. The van der Waals surface area contributed by atoms with Crippen LogP contribution in [0.1, 0.15) is 15.9 Å². The molecule has 0 aromatic carbocycles. The molecule has 0 bridgehead atoms. The molecule has 2 rings (SSSR count). The highest BCUT2D eigenvalue weighted by Gasteiger charge is 2.09. The molecule has 1 amide bonds. The third-order valence-electron chi connectivity index (χ3n) is 2.24. The lowest BCUT2D eigenvalue weighted by atomic mass is 10.2. The molecule has 0 fully saturated rings. The lowest BCUT2D eigenvalue weighted by Gasteiger charge is -2.06. The van der Waals surface area contributed by atoms with Crippen LogP contribution in [0.3, 0.4) is 0 Å². The SMILES string of the molecule is Cc1cc(Br)cnc1NC(=O)c1ccc(=O)oc1. The lowest BCUT2D eigenvalue weighted by molar-refractivity contribution is 0.102. The van der Waals surface area contributed by atoms with Crippen LogP contribution in [0.2, 0.25) is 0 Å². The number of carbonyl (C=O) groups excluding carboxylic acids is 1. The fraction of sp³-hybridized carbons (Fsp3) is 0.0833. The van der Waals surface area contributed by atoms with E-state index in [1.165, 1.54) is 12.1 Å². The molecular weight excluding hydrogens is 300 g/mol. The van der Waals surface area contributed by atoms with Gasteiger partial charge in [-0.25, -0.2) is 9.78 Å². The molecule has 0 aliphatic rings. The van der Waals surface area contributed by atoms with Gasteiger partial charge in [0.15, 0.2) is 0 Å². The predicted octanol–water partition coefficient (Wildman–Crippen LogP) is 2.36. The summed E-state index contributed by atoms with van der Waals surface area (Å²) in [6.07, 6.45) is 2.71. The summed E-state index contributed by atoms with van der Waals surface area (Å²) in [5.41, 5.74) is 0.596. The zero-order valence-corrected chi connectivity index (χ0v) is 11.0. The van der Waals surface area contributed by atoms with Gasteiger partial charge >= 0.3 is 5.63 Å². The molecule has 2 aromatic rings. The van der Waals surface area contributed by atoms with Gasteiger partial charge in [0.2, 0.25) is 0 Å². The van der Waals surface area contributed by atoms with Crippen LogP contribution in [0, 0.1) is 6.92 Å². The molecule has 0 unspecified atom stereocenters. The van der Waals surface area contributed by atoms with Crippen molar-refractivity contribution >= 4 is 27.7 Å². The molecule has 92 valence electrons. The Balaban J connectivity index is 2.21. The van der Waals surface area contributed by atoms with Gasteiger partial charge in [-0.2, -0.15) is 0 Å². The summed E-state index contributed by atoms with van der Waals surface area (Å²) in [4.78, 5) is 26.7. The van der Waals surface area contributed by atoms with Crippen molar-refractivity contribution in [1.29, 1.82) is 0 Å². The van der Waals surface area contributed by atoms with Crippen LogP contribution in [-0.4, -0.2) is 10.9 Å². The van der Waals surface area contributed by atoms with Crippen LogP contribution < -0.4 is 10.9 Å². The van der Waals surface area contributed by atoms with Crippen LogP contribution in [0.5, 0.6) is 0 Å². The highest BCUT2D eigenvalue weighted by molar-refractivity contribution is 9.10. The molecule has 2 heterocycles. The first-order valence-corrected chi connectivity index (χ1v) is 5.88. The Morgan fingerprint density at radius 3 is 2.83 bits per heavy atom. The Morgan fingerprint density at radius 2 is 2.22 bits per heavy atom. The van der Waals surface area contributed by atoms with Gasteiger partial charge < -0.3 is 9.73 Å². The van der Waals surface area contributed by atoms with E-state index in [1.807, 2.05) is 13.0 Å². The zero-order valence-electron chi connectivity index (χ0n) is 9.44. The van der Waals surface area contributed by atoms with Crippen molar-refractivity contribution in [3.63, 3.8) is 0 Å². The van der Waals surface area contributed by atoms with Gasteiger partial charge in [-0.15, -0.1) is 0 Å². The van der Waals surface area contributed by atoms with E-state index in [2.05, 4.69) is 30.6 Å². The van der Waals surface area contributed by atoms with Crippen LogP contribution in [0.15, 0.2) is 44.3 Å². The molecule has 2 aromatic heterocycles. The first kappa shape index (κ1) is 12.5. The van der Waals surface area contributed by atoms with Gasteiger partial charge in [0.1, 0.15) is 12.1 Å². The minimum Gasteiger partial charge on any atom is -0.430 e. The van der Waals surface area contributed by atoms with Crippen molar-refractivity contribution in [2.24, 2.45) is 0 Å². The van der Waals surface area contributed by atoms with Crippen LogP contribution in [0.25, 0.3) is 0 Å². The van der Waals surface area contributed by atoms with Crippen molar-refractivity contribution in [3.8, 4) is 0 Å². The third-order valence-corrected chi connectivity index (χ3v) is 2.67. The molecule has 0 saturated heterocycles. The number of aromatic nitrogens is 1. The number of anilines is 1. The van der Waals surface area contributed by atoms with Gasteiger partial charge in [0.05, 0.1) is 5.56 Å². The predicted molar refractivity (Wildman–Crippen MR) is 69.6 cm³/mol. The Bertz CT molecular complexity index is 632. The lowest BCUT2D eigenvalue weighted by Crippen LogP contribution is -2.14. The Labute approximate surface area is 111 Å². The molecule has 1 N–H and O–H groups in total. The van der Waals surface area contributed by atoms with Crippen molar-refractivity contribution in [2.45, 2.75) is 6.92 Å². The average molecular weight is 309 g/mol. The number of halogens is 1. The van der Waals surface area contributed by atoms with Crippen molar-refractivity contribution in [3.05, 3.63) is 56.7 Å². The first-order valence-electron chi connectivity index (χ1n) is 5.08. The minimum atomic E-state index is -0.496. The van der Waals surface area contributed by atoms with E-state index in [0.717, 1.165) is 16.3 Å². The second kappa shape index (κ2) is 5.14. The highest BCUT2D eigenvalue weighted by atomic mass is 79.9. The van der Waals surface area contributed by atoms with Gasteiger partial charge in [-0.05, 0) is 40.5 Å². The maximum absolute atomic E-state index is 11.8. The van der Waals surface area contributed by atoms with Crippen LogP contribution in [-0.2, 0) is 0 Å². The summed E-state index contributed by atoms with van der Waals surface area (Å²) in [5, 5.41) is 2.64. The standard InChI is InChI=1S/C12H9BrN2O3/c1-7-4-9(13)5-14-11(7)15-12(17)8-2-3-10(16)18-6-8/h2-6H,1H3,(H,14,15,17). The molecule has 6 heteroatoms. The number of pyridine rings is 1. The number of rotatable bonds is 2. The minimum absolute atomic E-state index is 0.263. The molecule has 0 aliphatic heterocycles. The monoisotopic (exact) mass is 308 g/mol. The van der Waals surface area contributed by atoms with E-state index in [4.69, 9.17) is 0 Å². The number of nitrogens with one attached hydrogen (secondary N) is 1. The first-order chi connectivity index (χ1) is 8.56. The average Bonchev–Trinajstić information content (AvgIpc) is 2.33. The number of nitrogens with zero attached hydrogens (tertiary/aromatic N) is 1. The van der Waals surface area contributed by atoms with Gasteiger partial charge in [-0.3, -0.25) is 4.79 Å². The summed E-state index contributed by atoms with van der Waals surface area (Å²) >= 11 is 3.29. The summed E-state index contributed by atoms with van der Waals surface area (Å²) in [5.74, 6) is 0.0890. The molecule has 0 radical (unpaired) electrons. The van der Waals surface area contributed by atoms with Crippen LogP contribution in [0.4, 0.5) is 5.82 Å². The quantitative estimate of drug-likeness (QED) is 0.924. The normalized spacial score (nSPS) is 10.1. The maximum Gasteiger partial charge on any atom is 0.335 e. The topological polar surface area (TPSA) is 72.2 Å². The fourth-order valence-corrected chi connectivity index (χ4v) is 1.78. The summed E-state index contributed by atoms with van der Waals surface area (Å²) in [7, 11) is 0. The smallest absolute Gasteiger partial charge is 0.335 e. The number of hydrogen-bond acceptors (Lipinski definition) is 4. The maximum atomic E-state index is 11.8. The van der Waals surface area contributed by atoms with E-state index < -0.39 is 5.63 Å². The van der Waals surface area contributed by atoms with Gasteiger partial charge in [-0.1, -0.05) is 0 Å². The highest BCUT2D eigenvalue weighted by Crippen LogP contribution is 2.17. The van der Waals surface area contributed by atoms with Gasteiger partial charge in [0, 0.05) is 16.7 Å². The second-order valence-electron chi connectivity index (χ2n) is 3.62. The summed E-state index contributed by atoms with van der Waals surface area (Å²) in [6, 6.07) is 4.43. The van der Waals surface area contributed by atoms with E-state index >= 15 is 0 Å². The van der Waals surface area contributed by atoms with Crippen LogP contribution >= 0.6 is 15.9 Å². The molecule has 0 atom stereocenters. The third kappa shape index (κ3) is 2.84. The number of hydrogen-bond donors (Lipinski definition) is 1. The van der Waals surface area contributed by atoms with E-state index in [-0.39, 0.29) is 11.5 Å². The van der Waals surface area contributed by atoms with Gasteiger partial charge in [0.25, 0.3) is 5.91 Å². The summed E-state index contributed by atoms with van der Waals surface area (Å²) in [6.45, 7) is 1.83. The number of amides is 1. The second-order valence-corrected chi connectivity index (χ2v) is 4.53. The van der Waals surface area contributed by atoms with E-state index in [9.17, 15) is 9.59 Å². The Morgan fingerprint density at radius 1 is 1.44 bits per heavy atom. The van der Waals surface area contributed by atoms with Crippen molar-refractivity contribution in [1.82, 2.24) is 4.98 Å². The largest absolute Gasteiger partial charge is 0.430 e. The number of aryl methyl sites for hydroxylation is 1. The molecule has 18 heavy (non-hydrogen) atoms. The Hall–Kier alpha value is -1.95. The van der Waals surface area contributed by atoms with Crippen molar-refractivity contribution < 1.29 is 9.21 Å². The number of carbonyl (C=O) groups is 1. The molecule has 0 saturated carbocycles. The zero-order chi connectivity index (χ0) is 13.1. The van der Waals surface area contributed by atoms with E-state index in [0.29, 0.717) is 5.82 Å².